The summed E-state index contributed by atoms with van der Waals surface area (Å²) in [6.45, 7) is 10.2. The molecule has 1 N–H and O–H groups in total. The summed E-state index contributed by atoms with van der Waals surface area (Å²) in [4.78, 5) is 4.51. The molecule has 0 aliphatic rings. The number of ether oxygens (including phenoxy) is 2. The third-order valence-electron chi connectivity index (χ3n) is 4.57. The van der Waals surface area contributed by atoms with E-state index >= 15 is 0 Å². The molecule has 0 saturated carbocycles. The van der Waals surface area contributed by atoms with Crippen molar-refractivity contribution in [1.82, 2.24) is 0 Å². The van der Waals surface area contributed by atoms with E-state index in [1.807, 2.05) is 30.3 Å². The summed E-state index contributed by atoms with van der Waals surface area (Å²) in [5.41, 5.74) is 4.31. The van der Waals surface area contributed by atoms with Crippen LogP contribution in [0, 0.1) is 6.92 Å². The van der Waals surface area contributed by atoms with Crippen LogP contribution in [0.4, 0.5) is 5.69 Å². The highest BCUT2D eigenvalue weighted by Crippen LogP contribution is 2.35. The van der Waals surface area contributed by atoms with E-state index < -0.39 is 0 Å². The predicted molar refractivity (Wildman–Crippen MR) is 110 cm³/mol. The average Bonchev–Trinajstić information content (AvgIpc) is 2.67. The van der Waals surface area contributed by atoms with E-state index in [1.54, 1.807) is 20.4 Å². The lowest BCUT2D eigenvalue weighted by Crippen LogP contribution is -2.17. The van der Waals surface area contributed by atoms with Crippen molar-refractivity contribution in [2.75, 3.05) is 19.5 Å². The zero-order chi connectivity index (χ0) is 19.1. The molecule has 1 unspecified atom stereocenters. The van der Waals surface area contributed by atoms with Crippen LogP contribution in [0.25, 0.3) is 0 Å². The fourth-order valence-electron chi connectivity index (χ4n) is 2.83. The number of amidine groups is 1. The summed E-state index contributed by atoms with van der Waals surface area (Å²) >= 11 is 0. The SMILES string of the molecule is C=CN=C(Nc1ccccc1C)c1cc(OC)c(OC)cc1C(C)CC. The Hall–Kier alpha value is -2.75. The number of hydrogen-bond donors (Lipinski definition) is 1. The first-order valence-corrected chi connectivity index (χ1v) is 8.83. The average molecular weight is 352 g/mol. The molecule has 2 aromatic carbocycles. The minimum Gasteiger partial charge on any atom is -0.493 e. The molecule has 0 bridgehead atoms. The van der Waals surface area contributed by atoms with Gasteiger partial charge in [-0.3, -0.25) is 0 Å². The topological polar surface area (TPSA) is 42.9 Å². The maximum Gasteiger partial charge on any atom is 0.161 e. The van der Waals surface area contributed by atoms with Gasteiger partial charge in [0, 0.05) is 17.5 Å². The van der Waals surface area contributed by atoms with Gasteiger partial charge in [-0.25, -0.2) is 4.99 Å². The van der Waals surface area contributed by atoms with E-state index in [0.717, 1.165) is 40.4 Å². The van der Waals surface area contributed by atoms with Crippen molar-refractivity contribution in [2.45, 2.75) is 33.1 Å². The van der Waals surface area contributed by atoms with E-state index in [9.17, 15) is 0 Å². The number of anilines is 1. The fraction of sp³-hybridized carbons (Fsp3) is 0.318. The standard InChI is InChI=1S/C22H28N2O2/c1-7-15(3)17-13-20(25-5)21(26-6)14-18(17)22(23-8-2)24-19-12-10-9-11-16(19)4/h8-15H,2,7H2,1,3-6H3,(H,23,24). The van der Waals surface area contributed by atoms with E-state index in [-0.39, 0.29) is 0 Å². The summed E-state index contributed by atoms with van der Waals surface area (Å²) in [5.74, 6) is 2.49. The lowest BCUT2D eigenvalue weighted by atomic mass is 9.92. The molecule has 0 heterocycles. The van der Waals surface area contributed by atoms with Crippen LogP contribution in [0.3, 0.4) is 0 Å². The summed E-state index contributed by atoms with van der Waals surface area (Å²) in [7, 11) is 3.30. The number of hydrogen-bond acceptors (Lipinski definition) is 3. The van der Waals surface area contributed by atoms with E-state index in [4.69, 9.17) is 9.47 Å². The Bertz CT molecular complexity index is 797. The van der Waals surface area contributed by atoms with Crippen molar-refractivity contribution in [2.24, 2.45) is 4.99 Å². The van der Waals surface area contributed by atoms with Crippen LogP contribution >= 0.6 is 0 Å². The molecule has 2 rings (SSSR count). The quantitative estimate of drug-likeness (QED) is 0.526. The first kappa shape index (κ1) is 19.6. The lowest BCUT2D eigenvalue weighted by Gasteiger charge is -2.21. The molecule has 4 nitrogen and oxygen atoms in total. The number of aliphatic imine (C=N–C) groups is 1. The first-order chi connectivity index (χ1) is 12.5. The maximum absolute atomic E-state index is 5.51. The van der Waals surface area contributed by atoms with Crippen molar-refractivity contribution >= 4 is 11.5 Å². The molecule has 4 heteroatoms. The predicted octanol–water partition coefficient (Wildman–Crippen LogP) is 5.53. The molecule has 0 aliphatic carbocycles. The van der Waals surface area contributed by atoms with E-state index in [1.165, 1.54) is 0 Å². The van der Waals surface area contributed by atoms with E-state index in [0.29, 0.717) is 11.7 Å². The van der Waals surface area contributed by atoms with Gasteiger partial charge in [-0.15, -0.1) is 0 Å². The zero-order valence-corrected chi connectivity index (χ0v) is 16.3. The number of methoxy groups -OCH3 is 2. The van der Waals surface area contributed by atoms with Crippen molar-refractivity contribution in [3.05, 3.63) is 65.9 Å². The van der Waals surface area contributed by atoms with Gasteiger partial charge >= 0.3 is 0 Å². The highest BCUT2D eigenvalue weighted by molar-refractivity contribution is 6.10. The minimum absolute atomic E-state index is 0.346. The van der Waals surface area contributed by atoms with Crippen LogP contribution in [-0.2, 0) is 0 Å². The van der Waals surface area contributed by atoms with Gasteiger partial charge in [-0.05, 0) is 48.6 Å². The molecule has 2 aromatic rings. The molecule has 0 aliphatic heterocycles. The molecule has 0 amide bonds. The van der Waals surface area contributed by atoms with Gasteiger partial charge in [0.25, 0.3) is 0 Å². The Morgan fingerprint density at radius 1 is 1.19 bits per heavy atom. The molecular weight excluding hydrogens is 324 g/mol. The Kier molecular flexibility index (Phi) is 6.84. The Balaban J connectivity index is 2.61. The van der Waals surface area contributed by atoms with Crippen LogP contribution in [0.2, 0.25) is 0 Å². The van der Waals surface area contributed by atoms with Crippen molar-refractivity contribution in [1.29, 1.82) is 0 Å². The largest absolute Gasteiger partial charge is 0.493 e. The summed E-state index contributed by atoms with van der Waals surface area (Å²) in [5, 5.41) is 3.46. The van der Waals surface area contributed by atoms with Crippen molar-refractivity contribution < 1.29 is 9.47 Å². The summed E-state index contributed by atoms with van der Waals surface area (Å²) < 4.78 is 11.0. The molecule has 0 saturated heterocycles. The van der Waals surface area contributed by atoms with Gasteiger partial charge in [0.15, 0.2) is 11.5 Å². The number of nitrogens with one attached hydrogen (secondary N) is 1. The Labute approximate surface area is 156 Å². The number of benzene rings is 2. The van der Waals surface area contributed by atoms with Crippen LogP contribution in [0.15, 0.2) is 54.2 Å². The highest BCUT2D eigenvalue weighted by Gasteiger charge is 2.19. The second kappa shape index (κ2) is 9.09. The molecular formula is C22H28N2O2. The van der Waals surface area contributed by atoms with Crippen LogP contribution in [0.5, 0.6) is 11.5 Å². The third-order valence-corrected chi connectivity index (χ3v) is 4.57. The third kappa shape index (κ3) is 4.26. The van der Waals surface area contributed by atoms with Gasteiger partial charge in [0.1, 0.15) is 5.84 Å². The normalized spacial score (nSPS) is 12.4. The summed E-state index contributed by atoms with van der Waals surface area (Å²) in [6.07, 6.45) is 2.56. The van der Waals surface area contributed by atoms with Crippen LogP contribution < -0.4 is 14.8 Å². The molecule has 1 atom stereocenters. The number of nitrogens with zero attached hydrogens (tertiary/aromatic N) is 1. The molecule has 26 heavy (non-hydrogen) atoms. The molecule has 0 spiro atoms. The number of aryl methyl sites for hydroxylation is 1. The molecule has 0 aromatic heterocycles. The van der Waals surface area contributed by atoms with Gasteiger partial charge < -0.3 is 14.8 Å². The van der Waals surface area contributed by atoms with Gasteiger partial charge in [-0.1, -0.05) is 38.6 Å². The second-order valence-corrected chi connectivity index (χ2v) is 6.20. The molecule has 138 valence electrons. The first-order valence-electron chi connectivity index (χ1n) is 8.83. The van der Waals surface area contributed by atoms with Gasteiger partial charge in [0.2, 0.25) is 0 Å². The smallest absolute Gasteiger partial charge is 0.161 e. The fourth-order valence-corrected chi connectivity index (χ4v) is 2.83. The maximum atomic E-state index is 5.51. The number of para-hydroxylation sites is 1. The van der Waals surface area contributed by atoms with Gasteiger partial charge in [0.05, 0.1) is 14.2 Å². The van der Waals surface area contributed by atoms with Crippen LogP contribution in [0.1, 0.15) is 42.9 Å². The van der Waals surface area contributed by atoms with Crippen molar-refractivity contribution in [3.8, 4) is 11.5 Å². The monoisotopic (exact) mass is 352 g/mol. The van der Waals surface area contributed by atoms with E-state index in [2.05, 4.69) is 43.7 Å². The lowest BCUT2D eigenvalue weighted by molar-refractivity contribution is 0.354. The zero-order valence-electron chi connectivity index (χ0n) is 16.3. The molecule has 0 fully saturated rings. The Morgan fingerprint density at radius 3 is 2.42 bits per heavy atom. The Morgan fingerprint density at radius 2 is 1.85 bits per heavy atom. The van der Waals surface area contributed by atoms with Gasteiger partial charge in [-0.2, -0.15) is 0 Å². The highest BCUT2D eigenvalue weighted by atomic mass is 16.5. The minimum atomic E-state index is 0.346. The number of rotatable bonds is 7. The summed E-state index contributed by atoms with van der Waals surface area (Å²) in [6, 6.07) is 12.2. The second-order valence-electron chi connectivity index (χ2n) is 6.20. The molecule has 0 radical (unpaired) electrons. The van der Waals surface area contributed by atoms with Crippen molar-refractivity contribution in [3.63, 3.8) is 0 Å². The van der Waals surface area contributed by atoms with Crippen LogP contribution in [-0.4, -0.2) is 20.1 Å².